The molecule has 9 heteroatoms. The standard InChI is InChI=1S/C20H16F3N3O2S/c1-11-6-7-15(24-12(2)27)9-16(11)25-18(28)17-10-29-19(26-17)13-4-3-5-14(8-13)20(21,22)23/h3-10H,1-2H3,(H,24,27)(H,25,28). The summed E-state index contributed by atoms with van der Waals surface area (Å²) in [6.45, 7) is 3.17. The number of rotatable bonds is 4. The van der Waals surface area contributed by atoms with Gasteiger partial charge in [-0.3, -0.25) is 9.59 Å². The van der Waals surface area contributed by atoms with Crippen LogP contribution >= 0.6 is 11.3 Å². The molecule has 1 heterocycles. The van der Waals surface area contributed by atoms with Crippen molar-refractivity contribution in [3.63, 3.8) is 0 Å². The van der Waals surface area contributed by atoms with Crippen molar-refractivity contribution in [3.8, 4) is 10.6 Å². The van der Waals surface area contributed by atoms with Crippen LogP contribution in [0.1, 0.15) is 28.5 Å². The van der Waals surface area contributed by atoms with E-state index in [0.29, 0.717) is 16.4 Å². The first-order chi connectivity index (χ1) is 13.6. The Balaban J connectivity index is 1.81. The first kappa shape index (κ1) is 20.5. The number of thiazole rings is 1. The molecule has 0 saturated heterocycles. The lowest BCUT2D eigenvalue weighted by atomic mass is 10.1. The number of halogens is 3. The molecular formula is C20H16F3N3O2S. The predicted octanol–water partition coefficient (Wildman–Crippen LogP) is 5.35. The van der Waals surface area contributed by atoms with Crippen molar-refractivity contribution in [1.82, 2.24) is 4.98 Å². The van der Waals surface area contributed by atoms with E-state index in [-0.39, 0.29) is 17.2 Å². The maximum atomic E-state index is 12.9. The van der Waals surface area contributed by atoms with Crippen LogP contribution in [0.5, 0.6) is 0 Å². The van der Waals surface area contributed by atoms with Gasteiger partial charge in [-0.25, -0.2) is 4.98 Å². The minimum Gasteiger partial charge on any atom is -0.326 e. The van der Waals surface area contributed by atoms with Gasteiger partial charge in [0.05, 0.1) is 5.56 Å². The third-order valence-corrected chi connectivity index (χ3v) is 4.87. The molecule has 0 spiro atoms. The highest BCUT2D eigenvalue weighted by Gasteiger charge is 2.30. The van der Waals surface area contributed by atoms with Crippen molar-refractivity contribution in [2.24, 2.45) is 0 Å². The molecule has 150 valence electrons. The number of aryl methyl sites for hydroxylation is 1. The summed E-state index contributed by atoms with van der Waals surface area (Å²) in [7, 11) is 0. The van der Waals surface area contributed by atoms with Gasteiger partial charge in [-0.15, -0.1) is 11.3 Å². The fraction of sp³-hybridized carbons (Fsp3) is 0.150. The normalized spacial score (nSPS) is 11.2. The molecule has 0 saturated carbocycles. The number of hydrogen-bond donors (Lipinski definition) is 2. The molecule has 1 aromatic heterocycles. The molecule has 0 bridgehead atoms. The first-order valence-electron chi connectivity index (χ1n) is 8.46. The molecule has 0 fully saturated rings. The van der Waals surface area contributed by atoms with Crippen LogP contribution in [0.3, 0.4) is 0 Å². The average Bonchev–Trinajstić information content (AvgIpc) is 3.14. The number of anilines is 2. The second-order valence-corrected chi connectivity index (χ2v) is 7.14. The summed E-state index contributed by atoms with van der Waals surface area (Å²) < 4.78 is 38.7. The number of benzene rings is 2. The highest BCUT2D eigenvalue weighted by molar-refractivity contribution is 7.13. The minimum atomic E-state index is -4.45. The number of hydrogen-bond acceptors (Lipinski definition) is 4. The number of alkyl halides is 3. The van der Waals surface area contributed by atoms with Gasteiger partial charge < -0.3 is 10.6 Å². The van der Waals surface area contributed by atoms with E-state index in [0.717, 1.165) is 29.0 Å². The Kier molecular flexibility index (Phi) is 5.69. The van der Waals surface area contributed by atoms with E-state index in [9.17, 15) is 22.8 Å². The summed E-state index contributed by atoms with van der Waals surface area (Å²) in [6.07, 6.45) is -4.45. The summed E-state index contributed by atoms with van der Waals surface area (Å²) >= 11 is 1.08. The van der Waals surface area contributed by atoms with E-state index in [2.05, 4.69) is 15.6 Å². The van der Waals surface area contributed by atoms with E-state index < -0.39 is 17.6 Å². The molecule has 2 aromatic carbocycles. The highest BCUT2D eigenvalue weighted by atomic mass is 32.1. The molecule has 0 aliphatic rings. The Bertz CT molecular complexity index is 1080. The molecule has 29 heavy (non-hydrogen) atoms. The van der Waals surface area contributed by atoms with Gasteiger partial charge in [-0.05, 0) is 36.8 Å². The second kappa shape index (κ2) is 8.04. The zero-order valence-corrected chi connectivity index (χ0v) is 16.2. The lowest BCUT2D eigenvalue weighted by Gasteiger charge is -2.10. The number of amides is 2. The number of aromatic nitrogens is 1. The van der Waals surface area contributed by atoms with Crippen LogP contribution in [0, 0.1) is 6.92 Å². The van der Waals surface area contributed by atoms with Crippen LogP contribution in [-0.4, -0.2) is 16.8 Å². The van der Waals surface area contributed by atoms with Gasteiger partial charge in [0.15, 0.2) is 0 Å². The quantitative estimate of drug-likeness (QED) is 0.599. The van der Waals surface area contributed by atoms with Crippen molar-refractivity contribution >= 4 is 34.5 Å². The Morgan fingerprint density at radius 2 is 1.83 bits per heavy atom. The Hall–Kier alpha value is -3.20. The number of carbonyl (C=O) groups is 2. The van der Waals surface area contributed by atoms with Gasteiger partial charge in [0.1, 0.15) is 10.7 Å². The number of nitrogens with one attached hydrogen (secondary N) is 2. The van der Waals surface area contributed by atoms with Gasteiger partial charge in [0.25, 0.3) is 5.91 Å². The molecule has 2 N–H and O–H groups in total. The molecule has 0 atom stereocenters. The zero-order chi connectivity index (χ0) is 21.2. The van der Waals surface area contributed by atoms with Gasteiger partial charge in [-0.2, -0.15) is 13.2 Å². The van der Waals surface area contributed by atoms with Crippen LogP contribution in [-0.2, 0) is 11.0 Å². The highest BCUT2D eigenvalue weighted by Crippen LogP contribution is 2.33. The monoisotopic (exact) mass is 419 g/mol. The summed E-state index contributed by atoms with van der Waals surface area (Å²) in [4.78, 5) is 27.9. The van der Waals surface area contributed by atoms with Crippen LogP contribution in [0.25, 0.3) is 10.6 Å². The third-order valence-electron chi connectivity index (χ3n) is 3.98. The van der Waals surface area contributed by atoms with Crippen LogP contribution in [0.4, 0.5) is 24.5 Å². The molecule has 5 nitrogen and oxygen atoms in total. The van der Waals surface area contributed by atoms with Gasteiger partial charge in [-0.1, -0.05) is 18.2 Å². The summed E-state index contributed by atoms with van der Waals surface area (Å²) in [5.41, 5.74) is 1.40. The second-order valence-electron chi connectivity index (χ2n) is 6.28. The van der Waals surface area contributed by atoms with Gasteiger partial charge >= 0.3 is 6.18 Å². The summed E-state index contributed by atoms with van der Waals surface area (Å²) in [5, 5.41) is 7.14. The maximum Gasteiger partial charge on any atom is 0.416 e. The molecule has 0 unspecified atom stereocenters. The van der Waals surface area contributed by atoms with Crippen molar-refractivity contribution in [3.05, 3.63) is 64.7 Å². The van der Waals surface area contributed by atoms with E-state index in [1.54, 1.807) is 25.1 Å². The molecular weight excluding hydrogens is 403 g/mol. The fourth-order valence-corrected chi connectivity index (χ4v) is 3.36. The van der Waals surface area contributed by atoms with E-state index in [1.807, 2.05) is 0 Å². The molecule has 0 aliphatic carbocycles. The van der Waals surface area contributed by atoms with Crippen LogP contribution < -0.4 is 10.6 Å². The first-order valence-corrected chi connectivity index (χ1v) is 9.34. The van der Waals surface area contributed by atoms with Gasteiger partial charge in [0, 0.05) is 29.2 Å². The largest absolute Gasteiger partial charge is 0.416 e. The molecule has 0 aliphatic heterocycles. The predicted molar refractivity (Wildman–Crippen MR) is 106 cm³/mol. The van der Waals surface area contributed by atoms with E-state index >= 15 is 0 Å². The SMILES string of the molecule is CC(=O)Nc1ccc(C)c(NC(=O)c2csc(-c3cccc(C(F)(F)F)c3)n2)c1. The molecule has 3 aromatic rings. The van der Waals surface area contributed by atoms with Crippen molar-refractivity contribution in [1.29, 1.82) is 0 Å². The Morgan fingerprint density at radius 3 is 2.52 bits per heavy atom. The lowest BCUT2D eigenvalue weighted by Crippen LogP contribution is -2.14. The van der Waals surface area contributed by atoms with E-state index in [4.69, 9.17) is 0 Å². The van der Waals surface area contributed by atoms with Crippen molar-refractivity contribution < 1.29 is 22.8 Å². The molecule has 0 radical (unpaired) electrons. The Morgan fingerprint density at radius 1 is 1.07 bits per heavy atom. The van der Waals surface area contributed by atoms with Crippen LogP contribution in [0.15, 0.2) is 47.8 Å². The maximum absolute atomic E-state index is 12.9. The summed E-state index contributed by atoms with van der Waals surface area (Å²) in [6, 6.07) is 9.87. The Labute approximate surface area is 168 Å². The molecule has 3 rings (SSSR count). The van der Waals surface area contributed by atoms with Crippen molar-refractivity contribution in [2.75, 3.05) is 10.6 Å². The molecule has 2 amide bonds. The lowest BCUT2D eigenvalue weighted by molar-refractivity contribution is -0.137. The summed E-state index contributed by atoms with van der Waals surface area (Å²) in [5.74, 6) is -0.737. The number of nitrogens with zero attached hydrogens (tertiary/aromatic N) is 1. The van der Waals surface area contributed by atoms with Crippen molar-refractivity contribution in [2.45, 2.75) is 20.0 Å². The topological polar surface area (TPSA) is 71.1 Å². The third kappa shape index (κ3) is 5.00. The van der Waals surface area contributed by atoms with Gasteiger partial charge in [0.2, 0.25) is 5.91 Å². The van der Waals surface area contributed by atoms with Crippen LogP contribution in [0.2, 0.25) is 0 Å². The average molecular weight is 419 g/mol. The zero-order valence-electron chi connectivity index (χ0n) is 15.4. The van der Waals surface area contributed by atoms with E-state index in [1.165, 1.54) is 24.4 Å². The minimum absolute atomic E-state index is 0.0896. The number of carbonyl (C=O) groups excluding carboxylic acids is 2. The smallest absolute Gasteiger partial charge is 0.326 e. The fourth-order valence-electron chi connectivity index (χ4n) is 2.56.